The van der Waals surface area contributed by atoms with Gasteiger partial charge in [-0.15, -0.1) is 0 Å². The first-order valence-corrected chi connectivity index (χ1v) is 12.8. The zero-order valence-corrected chi connectivity index (χ0v) is 19.6. The number of aromatic nitrogens is 1. The standard InChI is InChI=1S/C25H32N2O3Si/c1-25(2,3)31(22-13-6-4-7-14-22,23-15-8-5-9-16-23)30-19-11-12-21(20-27(28)29)24-17-10-18-26-24/h4-10,13-18,21,26H,11-12,19-20H2,1-3H3/t21-/m1/s1. The molecule has 31 heavy (non-hydrogen) atoms. The minimum atomic E-state index is -2.56. The summed E-state index contributed by atoms with van der Waals surface area (Å²) in [6, 6.07) is 24.9. The van der Waals surface area contributed by atoms with Crippen LogP contribution < -0.4 is 10.4 Å². The summed E-state index contributed by atoms with van der Waals surface area (Å²) in [5, 5.41) is 13.6. The highest BCUT2D eigenvalue weighted by Gasteiger charge is 2.49. The van der Waals surface area contributed by atoms with Gasteiger partial charge in [0.15, 0.2) is 0 Å². The molecule has 2 aromatic carbocycles. The summed E-state index contributed by atoms with van der Waals surface area (Å²) >= 11 is 0. The molecule has 1 heterocycles. The molecule has 0 fully saturated rings. The fraction of sp³-hybridized carbons (Fsp3) is 0.360. The number of nitro groups is 1. The maximum Gasteiger partial charge on any atom is 0.261 e. The minimum Gasteiger partial charge on any atom is -0.407 e. The molecule has 1 atom stereocenters. The second-order valence-electron chi connectivity index (χ2n) is 8.99. The van der Waals surface area contributed by atoms with Crippen LogP contribution >= 0.6 is 0 Å². The Balaban J connectivity index is 1.83. The van der Waals surface area contributed by atoms with Crippen molar-refractivity contribution >= 4 is 18.7 Å². The van der Waals surface area contributed by atoms with Gasteiger partial charge < -0.3 is 9.41 Å². The van der Waals surface area contributed by atoms with Gasteiger partial charge in [0, 0.05) is 23.4 Å². The molecule has 0 bridgehead atoms. The number of H-pyrrole nitrogens is 1. The highest BCUT2D eigenvalue weighted by atomic mass is 28.4. The van der Waals surface area contributed by atoms with Gasteiger partial charge in [-0.25, -0.2) is 0 Å². The molecule has 0 saturated heterocycles. The topological polar surface area (TPSA) is 68.2 Å². The zero-order chi connectivity index (χ0) is 22.3. The number of hydrogen-bond acceptors (Lipinski definition) is 3. The summed E-state index contributed by atoms with van der Waals surface area (Å²) in [6.07, 6.45) is 3.29. The normalized spacial score (nSPS) is 13.1. The Morgan fingerprint density at radius 1 is 0.968 bits per heavy atom. The molecule has 0 aliphatic heterocycles. The van der Waals surface area contributed by atoms with Gasteiger partial charge in [-0.2, -0.15) is 0 Å². The summed E-state index contributed by atoms with van der Waals surface area (Å²) in [5.41, 5.74) is 0.919. The monoisotopic (exact) mass is 436 g/mol. The fourth-order valence-corrected chi connectivity index (χ4v) is 9.05. The van der Waals surface area contributed by atoms with E-state index < -0.39 is 8.32 Å². The third-order valence-corrected chi connectivity index (χ3v) is 10.9. The van der Waals surface area contributed by atoms with Crippen LogP contribution in [0.1, 0.15) is 45.2 Å². The van der Waals surface area contributed by atoms with E-state index in [9.17, 15) is 10.1 Å². The van der Waals surface area contributed by atoms with Crippen molar-refractivity contribution in [1.82, 2.24) is 4.98 Å². The van der Waals surface area contributed by atoms with Crippen LogP contribution in [0.15, 0.2) is 79.0 Å². The SMILES string of the molecule is CC(C)(C)[Si](OCCC[C@H](C[N+](=O)[O-])c1ccc[nH]1)(c1ccccc1)c1ccccc1. The molecule has 1 N–H and O–H groups in total. The summed E-state index contributed by atoms with van der Waals surface area (Å²) in [4.78, 5) is 14.1. The molecule has 0 amide bonds. The van der Waals surface area contributed by atoms with Gasteiger partial charge in [0.1, 0.15) is 0 Å². The van der Waals surface area contributed by atoms with Crippen molar-refractivity contribution in [2.45, 2.75) is 44.6 Å². The van der Waals surface area contributed by atoms with Crippen molar-refractivity contribution in [1.29, 1.82) is 0 Å². The molecule has 0 radical (unpaired) electrons. The Labute approximate surface area is 185 Å². The molecular formula is C25H32N2O3Si. The maximum atomic E-state index is 11.2. The van der Waals surface area contributed by atoms with Gasteiger partial charge in [-0.3, -0.25) is 10.1 Å². The van der Waals surface area contributed by atoms with Crippen molar-refractivity contribution in [3.05, 3.63) is 94.8 Å². The predicted molar refractivity (Wildman–Crippen MR) is 128 cm³/mol. The molecule has 0 saturated carbocycles. The largest absolute Gasteiger partial charge is 0.407 e. The fourth-order valence-electron chi connectivity index (χ4n) is 4.44. The van der Waals surface area contributed by atoms with Crippen LogP contribution in [0.2, 0.25) is 5.04 Å². The number of rotatable bonds is 10. The average molecular weight is 437 g/mol. The van der Waals surface area contributed by atoms with E-state index in [1.807, 2.05) is 30.5 Å². The number of nitrogens with zero attached hydrogens (tertiary/aromatic N) is 1. The molecule has 3 rings (SSSR count). The van der Waals surface area contributed by atoms with Crippen LogP contribution in [0.4, 0.5) is 0 Å². The summed E-state index contributed by atoms with van der Waals surface area (Å²) < 4.78 is 6.90. The first kappa shape index (κ1) is 23.0. The summed E-state index contributed by atoms with van der Waals surface area (Å²) in [6.45, 7) is 7.27. The van der Waals surface area contributed by atoms with Gasteiger partial charge in [0.05, 0.1) is 5.92 Å². The van der Waals surface area contributed by atoms with Crippen molar-refractivity contribution in [3.63, 3.8) is 0 Å². The summed E-state index contributed by atoms with van der Waals surface area (Å²) in [5.74, 6) is -0.132. The maximum absolute atomic E-state index is 11.2. The van der Waals surface area contributed by atoms with E-state index in [2.05, 4.69) is 74.3 Å². The van der Waals surface area contributed by atoms with Crippen LogP contribution in [0, 0.1) is 10.1 Å². The third-order valence-electron chi connectivity index (χ3n) is 5.86. The van der Waals surface area contributed by atoms with Crippen molar-refractivity contribution in [2.24, 2.45) is 0 Å². The molecule has 6 heteroatoms. The molecule has 3 aromatic rings. The van der Waals surface area contributed by atoms with Crippen LogP contribution in [-0.4, -0.2) is 31.4 Å². The zero-order valence-electron chi connectivity index (χ0n) is 18.6. The van der Waals surface area contributed by atoms with Gasteiger partial charge >= 0.3 is 0 Å². The first-order valence-electron chi connectivity index (χ1n) is 10.8. The smallest absolute Gasteiger partial charge is 0.261 e. The van der Waals surface area contributed by atoms with Gasteiger partial charge in [-0.05, 0) is 40.4 Å². The Bertz CT molecular complexity index is 898. The number of hydrogen-bond donors (Lipinski definition) is 1. The lowest BCUT2D eigenvalue weighted by Gasteiger charge is -2.43. The predicted octanol–water partition coefficient (Wildman–Crippen LogP) is 4.73. The lowest BCUT2D eigenvalue weighted by atomic mass is 10.00. The van der Waals surface area contributed by atoms with Gasteiger partial charge in [-0.1, -0.05) is 81.4 Å². The quantitative estimate of drug-likeness (QED) is 0.216. The van der Waals surface area contributed by atoms with Crippen LogP contribution in [0.25, 0.3) is 0 Å². The molecule has 0 aliphatic carbocycles. The van der Waals surface area contributed by atoms with Crippen LogP contribution in [0.5, 0.6) is 0 Å². The highest BCUT2D eigenvalue weighted by Crippen LogP contribution is 2.37. The molecule has 0 spiro atoms. The van der Waals surface area contributed by atoms with E-state index in [4.69, 9.17) is 4.43 Å². The van der Waals surface area contributed by atoms with E-state index in [1.165, 1.54) is 10.4 Å². The second kappa shape index (κ2) is 10.1. The lowest BCUT2D eigenvalue weighted by molar-refractivity contribution is -0.483. The number of nitrogens with one attached hydrogen (secondary N) is 1. The van der Waals surface area contributed by atoms with Crippen molar-refractivity contribution in [2.75, 3.05) is 13.2 Å². The molecular weight excluding hydrogens is 404 g/mol. The molecule has 5 nitrogen and oxygen atoms in total. The van der Waals surface area contributed by atoms with Gasteiger partial charge in [0.25, 0.3) is 8.32 Å². The van der Waals surface area contributed by atoms with E-state index in [0.29, 0.717) is 13.0 Å². The highest BCUT2D eigenvalue weighted by molar-refractivity contribution is 6.99. The van der Waals surface area contributed by atoms with Crippen LogP contribution in [-0.2, 0) is 4.43 Å². The van der Waals surface area contributed by atoms with E-state index in [0.717, 1.165) is 12.1 Å². The number of benzene rings is 2. The second-order valence-corrected chi connectivity index (χ2v) is 13.3. The van der Waals surface area contributed by atoms with E-state index in [-0.39, 0.29) is 22.4 Å². The molecule has 0 unspecified atom stereocenters. The average Bonchev–Trinajstić information content (AvgIpc) is 3.28. The lowest BCUT2D eigenvalue weighted by Crippen LogP contribution is -2.66. The number of aromatic amines is 1. The van der Waals surface area contributed by atoms with Crippen LogP contribution in [0.3, 0.4) is 0 Å². The van der Waals surface area contributed by atoms with E-state index >= 15 is 0 Å². The Morgan fingerprint density at radius 3 is 2.00 bits per heavy atom. The third kappa shape index (κ3) is 5.32. The minimum absolute atomic E-state index is 0.0697. The van der Waals surface area contributed by atoms with Crippen molar-refractivity contribution < 1.29 is 9.35 Å². The Kier molecular flexibility index (Phi) is 7.46. The Hall–Kier alpha value is -2.70. The first-order chi connectivity index (χ1) is 14.8. The molecule has 1 aromatic heterocycles. The van der Waals surface area contributed by atoms with E-state index in [1.54, 1.807) is 0 Å². The van der Waals surface area contributed by atoms with Crippen molar-refractivity contribution in [3.8, 4) is 0 Å². The molecule has 164 valence electrons. The summed E-state index contributed by atoms with van der Waals surface area (Å²) in [7, 11) is -2.56. The molecule has 0 aliphatic rings. The Morgan fingerprint density at radius 2 is 1.55 bits per heavy atom. The van der Waals surface area contributed by atoms with Gasteiger partial charge in [0.2, 0.25) is 6.54 Å².